The Labute approximate surface area is 339 Å². The van der Waals surface area contributed by atoms with Gasteiger partial charge in [0.1, 0.15) is 11.6 Å². The molecule has 10 nitrogen and oxygen atoms in total. The molecule has 4 aromatic carbocycles. The van der Waals surface area contributed by atoms with Gasteiger partial charge in [-0.25, -0.2) is 19.9 Å². The topological polar surface area (TPSA) is 128 Å². The van der Waals surface area contributed by atoms with Crippen LogP contribution < -0.4 is 10.6 Å². The van der Waals surface area contributed by atoms with E-state index in [1.54, 1.807) is 12.4 Å². The van der Waals surface area contributed by atoms with Crippen LogP contribution in [0, 0.1) is 0 Å². The Morgan fingerprint density at radius 3 is 1.53 bits per heavy atom. The fourth-order valence-corrected chi connectivity index (χ4v) is 6.49. The summed E-state index contributed by atoms with van der Waals surface area (Å²) in [6.45, 7) is 7.46. The van der Waals surface area contributed by atoms with E-state index in [0.29, 0.717) is 37.1 Å². The molecule has 11 heteroatoms. The van der Waals surface area contributed by atoms with Crippen molar-refractivity contribution < 1.29 is 9.53 Å². The van der Waals surface area contributed by atoms with Crippen molar-refractivity contribution in [2.24, 2.45) is 0 Å². The largest absolute Gasteiger partial charge is 0.491 e. The predicted molar refractivity (Wildman–Crippen MR) is 232 cm³/mol. The molecular formula is C46H39BrN8O2. The number of nitrogens with zero attached hydrogens (tertiary/aromatic N) is 6. The van der Waals surface area contributed by atoms with E-state index >= 15 is 0 Å². The van der Waals surface area contributed by atoms with Crippen LogP contribution in [0.1, 0.15) is 34.8 Å². The number of carbonyl (C=O) groups excluding carboxylic acids is 1. The van der Waals surface area contributed by atoms with Crippen molar-refractivity contribution in [2.75, 3.05) is 22.6 Å². The number of Topliss-reactive ketones (excluding diaryl/α,β-unsaturated/α-hetero) is 1. The SMILES string of the molecule is C=C(OCC)c1nc(NCc2ccccn2)c2c(-c3ccccc3)cccc2n1.O=C(CBr)c1nc(NCc2ccccn2)c2c(-c3ccccc3)cccc2n1. The van der Waals surface area contributed by atoms with Crippen molar-refractivity contribution >= 4 is 60.9 Å². The van der Waals surface area contributed by atoms with Gasteiger partial charge in [0.2, 0.25) is 5.78 Å². The molecule has 0 unspecified atom stereocenters. The molecule has 0 fully saturated rings. The first kappa shape index (κ1) is 38.4. The van der Waals surface area contributed by atoms with Crippen LogP contribution in [-0.2, 0) is 17.8 Å². The molecule has 0 atom stereocenters. The first-order valence-electron chi connectivity index (χ1n) is 18.4. The van der Waals surface area contributed by atoms with Gasteiger partial charge in [0.25, 0.3) is 0 Å². The Bertz CT molecular complexity index is 2610. The van der Waals surface area contributed by atoms with Crippen LogP contribution in [-0.4, -0.2) is 47.6 Å². The molecule has 0 aliphatic heterocycles. The van der Waals surface area contributed by atoms with E-state index in [1.807, 2.05) is 110 Å². The van der Waals surface area contributed by atoms with Crippen LogP contribution in [0.15, 0.2) is 152 Å². The normalized spacial score (nSPS) is 10.7. The van der Waals surface area contributed by atoms with Gasteiger partial charge in [-0.15, -0.1) is 0 Å². The molecule has 0 aliphatic rings. The summed E-state index contributed by atoms with van der Waals surface area (Å²) in [7, 11) is 0. The molecule has 2 N–H and O–H groups in total. The van der Waals surface area contributed by atoms with Crippen molar-refractivity contribution in [3.05, 3.63) is 175 Å². The van der Waals surface area contributed by atoms with Crippen molar-refractivity contribution in [1.82, 2.24) is 29.9 Å². The van der Waals surface area contributed by atoms with Crippen molar-refractivity contribution in [2.45, 2.75) is 20.0 Å². The van der Waals surface area contributed by atoms with Crippen molar-refractivity contribution in [3.63, 3.8) is 0 Å². The van der Waals surface area contributed by atoms with Crippen molar-refractivity contribution in [3.8, 4) is 22.3 Å². The highest BCUT2D eigenvalue weighted by molar-refractivity contribution is 9.09. The maximum Gasteiger partial charge on any atom is 0.210 e. The molecular weight excluding hydrogens is 776 g/mol. The Morgan fingerprint density at radius 2 is 1.07 bits per heavy atom. The number of rotatable bonds is 13. The molecule has 0 amide bonds. The lowest BCUT2D eigenvalue weighted by atomic mass is 10.0. The average molecular weight is 816 g/mol. The van der Waals surface area contributed by atoms with E-state index in [-0.39, 0.29) is 16.9 Å². The second-order valence-corrected chi connectivity index (χ2v) is 13.2. The van der Waals surface area contributed by atoms with E-state index < -0.39 is 0 Å². The molecule has 0 saturated carbocycles. The quantitative estimate of drug-likeness (QED) is 0.0660. The number of hydrogen-bond acceptors (Lipinski definition) is 10. The Hall–Kier alpha value is -6.85. The molecule has 0 radical (unpaired) electrons. The number of halogens is 1. The van der Waals surface area contributed by atoms with Gasteiger partial charge in [0.15, 0.2) is 17.4 Å². The fraction of sp³-hybridized carbons (Fsp3) is 0.109. The first-order chi connectivity index (χ1) is 28.0. The Kier molecular flexibility index (Phi) is 12.6. The third-order valence-corrected chi connectivity index (χ3v) is 9.39. The molecule has 0 bridgehead atoms. The molecule has 8 aromatic rings. The summed E-state index contributed by atoms with van der Waals surface area (Å²) >= 11 is 3.21. The molecule has 0 saturated heterocycles. The average Bonchev–Trinajstić information content (AvgIpc) is 3.28. The Morgan fingerprint density at radius 1 is 0.596 bits per heavy atom. The summed E-state index contributed by atoms with van der Waals surface area (Å²) in [5.41, 5.74) is 7.64. The fourth-order valence-electron chi connectivity index (χ4n) is 6.24. The molecule has 0 aliphatic carbocycles. The van der Waals surface area contributed by atoms with Gasteiger partial charge < -0.3 is 15.4 Å². The highest BCUT2D eigenvalue weighted by Gasteiger charge is 2.18. The lowest BCUT2D eigenvalue weighted by molar-refractivity contribution is 0.101. The standard InChI is InChI=1S/C24H22N4O.C22H17BrN4O/c1-3-29-17(2)23-27-21-14-9-13-20(18-10-5-4-6-11-18)22(21)24(28-23)26-16-19-12-7-8-15-25-19;23-13-19(28)21-26-18-11-6-10-17(15-7-2-1-3-8-15)20(18)22(27-21)25-14-16-9-4-5-12-24-16/h4-15H,2-3,16H2,1H3,(H,26,27,28);1-12H,13-14H2,(H,25,26,27). The summed E-state index contributed by atoms with van der Waals surface area (Å²) in [5.74, 6) is 2.33. The van der Waals surface area contributed by atoms with Crippen LogP contribution >= 0.6 is 15.9 Å². The van der Waals surface area contributed by atoms with E-state index in [0.717, 1.165) is 61.3 Å². The molecule has 0 spiro atoms. The summed E-state index contributed by atoms with van der Waals surface area (Å²) in [6.07, 6.45) is 3.54. The number of ketones is 1. The minimum atomic E-state index is -0.159. The van der Waals surface area contributed by atoms with E-state index in [9.17, 15) is 4.79 Å². The highest BCUT2D eigenvalue weighted by atomic mass is 79.9. The first-order valence-corrected chi connectivity index (χ1v) is 19.6. The molecule has 8 rings (SSSR count). The van der Waals surface area contributed by atoms with Gasteiger partial charge in [-0.05, 0) is 65.6 Å². The van der Waals surface area contributed by atoms with E-state index in [1.165, 1.54) is 0 Å². The number of anilines is 2. The molecule has 282 valence electrons. The number of hydrogen-bond donors (Lipinski definition) is 2. The highest BCUT2D eigenvalue weighted by Crippen LogP contribution is 2.34. The lowest BCUT2D eigenvalue weighted by Crippen LogP contribution is -2.11. The summed E-state index contributed by atoms with van der Waals surface area (Å²) in [5, 5.41) is 8.82. The zero-order valence-electron chi connectivity index (χ0n) is 31.3. The maximum atomic E-state index is 12.2. The van der Waals surface area contributed by atoms with E-state index in [2.05, 4.69) is 83.4 Å². The number of pyridine rings is 2. The third kappa shape index (κ3) is 9.34. The number of ether oxygens (including phenoxy) is 1. The van der Waals surface area contributed by atoms with Crippen molar-refractivity contribution in [1.29, 1.82) is 0 Å². The lowest BCUT2D eigenvalue weighted by Gasteiger charge is -2.15. The third-order valence-electron chi connectivity index (χ3n) is 8.88. The predicted octanol–water partition coefficient (Wildman–Crippen LogP) is 10.2. The zero-order valence-corrected chi connectivity index (χ0v) is 32.9. The summed E-state index contributed by atoms with van der Waals surface area (Å²) < 4.78 is 5.55. The van der Waals surface area contributed by atoms with Gasteiger partial charge in [0, 0.05) is 12.4 Å². The van der Waals surface area contributed by atoms with Gasteiger partial charge >= 0.3 is 0 Å². The van der Waals surface area contributed by atoms with Crippen LogP contribution in [0.4, 0.5) is 11.6 Å². The van der Waals surface area contributed by atoms with Gasteiger partial charge in [-0.2, -0.15) is 0 Å². The zero-order chi connectivity index (χ0) is 39.4. The molecule has 4 heterocycles. The number of aromatic nitrogens is 6. The Balaban J connectivity index is 0.000000174. The van der Waals surface area contributed by atoms with Gasteiger partial charge in [-0.1, -0.05) is 120 Å². The van der Waals surface area contributed by atoms with Crippen LogP contribution in [0.3, 0.4) is 0 Å². The number of carbonyl (C=O) groups is 1. The molecule has 57 heavy (non-hydrogen) atoms. The minimum Gasteiger partial charge on any atom is -0.491 e. The maximum absolute atomic E-state index is 12.2. The molecule has 4 aromatic heterocycles. The second-order valence-electron chi connectivity index (χ2n) is 12.7. The van der Waals surface area contributed by atoms with E-state index in [4.69, 9.17) is 14.7 Å². The van der Waals surface area contributed by atoms with Crippen LogP contribution in [0.5, 0.6) is 0 Å². The second kappa shape index (κ2) is 18.7. The van der Waals surface area contributed by atoms with Gasteiger partial charge in [-0.3, -0.25) is 14.8 Å². The number of benzene rings is 4. The van der Waals surface area contributed by atoms with Crippen LogP contribution in [0.25, 0.3) is 49.8 Å². The summed E-state index contributed by atoms with van der Waals surface area (Å²) in [6, 6.07) is 43.9. The number of nitrogens with one attached hydrogen (secondary N) is 2. The smallest absolute Gasteiger partial charge is 0.210 e. The van der Waals surface area contributed by atoms with Gasteiger partial charge in [0.05, 0.1) is 58.2 Å². The number of alkyl halides is 1. The van der Waals surface area contributed by atoms with Crippen LogP contribution in [0.2, 0.25) is 0 Å². The summed E-state index contributed by atoms with van der Waals surface area (Å²) in [4.78, 5) is 39.5. The monoisotopic (exact) mass is 814 g/mol. The number of fused-ring (bicyclic) bond motifs is 2. The minimum absolute atomic E-state index is 0.159.